The van der Waals surface area contributed by atoms with E-state index in [1.807, 2.05) is 6.07 Å². The van der Waals surface area contributed by atoms with Gasteiger partial charge in [-0.2, -0.15) is 0 Å². The molecule has 84 valence electrons. The lowest BCUT2D eigenvalue weighted by molar-refractivity contribution is -0.118. The zero-order valence-corrected chi connectivity index (χ0v) is 11.4. The molecule has 0 aliphatic heterocycles. The second-order valence-electron chi connectivity index (χ2n) is 2.99. The van der Waals surface area contributed by atoms with Crippen LogP contribution >= 0.6 is 31.9 Å². The van der Waals surface area contributed by atoms with Crippen molar-refractivity contribution in [3.05, 3.63) is 21.0 Å². The fourth-order valence-electron chi connectivity index (χ4n) is 1.02. The van der Waals surface area contributed by atoms with Gasteiger partial charge in [-0.3, -0.25) is 4.79 Å². The summed E-state index contributed by atoms with van der Waals surface area (Å²) < 4.78 is 6.96. The van der Waals surface area contributed by atoms with E-state index < -0.39 is 0 Å². The molecule has 0 radical (unpaired) electrons. The van der Waals surface area contributed by atoms with Crippen molar-refractivity contribution in [2.24, 2.45) is 0 Å². The topological polar surface area (TPSA) is 54.3 Å². The van der Waals surface area contributed by atoms with Crippen molar-refractivity contribution in [1.29, 1.82) is 0 Å². The van der Waals surface area contributed by atoms with Gasteiger partial charge >= 0.3 is 0 Å². The van der Waals surface area contributed by atoms with Crippen molar-refractivity contribution in [3.63, 3.8) is 0 Å². The second-order valence-corrected chi connectivity index (χ2v) is 4.57. The number of nitrogens with one attached hydrogen (secondary N) is 2. The molecule has 1 rings (SSSR count). The van der Waals surface area contributed by atoms with Crippen LogP contribution < -0.4 is 10.6 Å². The first-order valence-corrected chi connectivity index (χ1v) is 6.07. The van der Waals surface area contributed by atoms with Crippen LogP contribution in [0, 0.1) is 0 Å². The van der Waals surface area contributed by atoms with Crippen molar-refractivity contribution in [1.82, 2.24) is 10.6 Å². The lowest BCUT2D eigenvalue weighted by Gasteiger charge is -2.02. The molecule has 0 saturated heterocycles. The maximum atomic E-state index is 10.6. The molecule has 1 aromatic rings. The normalized spacial score (nSPS) is 10.3. The molecule has 0 aliphatic carbocycles. The minimum atomic E-state index is -0.0136. The molecule has 6 heteroatoms. The highest BCUT2D eigenvalue weighted by Crippen LogP contribution is 2.26. The Morgan fingerprint density at radius 2 is 2.20 bits per heavy atom. The minimum absolute atomic E-state index is 0.0136. The van der Waals surface area contributed by atoms with Crippen LogP contribution in [0.1, 0.15) is 12.7 Å². The molecule has 0 atom stereocenters. The van der Waals surface area contributed by atoms with Gasteiger partial charge in [-0.25, -0.2) is 0 Å². The van der Waals surface area contributed by atoms with Crippen LogP contribution in [-0.2, 0) is 11.3 Å². The molecular weight excluding hydrogens is 328 g/mol. The van der Waals surface area contributed by atoms with Gasteiger partial charge in [0.15, 0.2) is 4.67 Å². The summed E-state index contributed by atoms with van der Waals surface area (Å²) in [5.41, 5.74) is 0. The number of carbonyl (C=O) groups excluding carboxylic acids is 1. The van der Waals surface area contributed by atoms with Gasteiger partial charge in [-0.05, 0) is 37.9 Å². The molecule has 0 spiro atoms. The van der Waals surface area contributed by atoms with E-state index in [1.54, 1.807) is 0 Å². The lowest BCUT2D eigenvalue weighted by Crippen LogP contribution is -2.29. The Bertz CT molecular complexity index is 319. The van der Waals surface area contributed by atoms with Crippen LogP contribution in [0.3, 0.4) is 0 Å². The SMILES string of the molecule is CC(=O)NCCNCc1cc(Br)c(Br)o1. The standard InChI is InChI=1S/C9H12Br2N2O2/c1-6(14)13-3-2-12-5-7-4-8(10)9(11)15-7/h4,12H,2-3,5H2,1H3,(H,13,14). The molecular formula is C9H12Br2N2O2. The Balaban J connectivity index is 2.18. The molecule has 4 nitrogen and oxygen atoms in total. The van der Waals surface area contributed by atoms with Crippen LogP contribution in [-0.4, -0.2) is 19.0 Å². The molecule has 0 aliphatic rings. The van der Waals surface area contributed by atoms with E-state index >= 15 is 0 Å². The quantitative estimate of drug-likeness (QED) is 0.807. The lowest BCUT2D eigenvalue weighted by atomic mass is 10.4. The van der Waals surface area contributed by atoms with Crippen LogP contribution in [0.15, 0.2) is 19.6 Å². The Labute approximate surface area is 105 Å². The summed E-state index contributed by atoms with van der Waals surface area (Å²) in [6.45, 7) is 3.48. The predicted molar refractivity (Wildman–Crippen MR) is 64.5 cm³/mol. The van der Waals surface area contributed by atoms with Gasteiger partial charge in [0.2, 0.25) is 5.91 Å². The Hall–Kier alpha value is -0.330. The molecule has 1 aromatic heterocycles. The Morgan fingerprint density at radius 3 is 2.73 bits per heavy atom. The third-order valence-corrected chi connectivity index (χ3v) is 3.38. The summed E-state index contributed by atoms with van der Waals surface area (Å²) in [4.78, 5) is 10.6. The maximum absolute atomic E-state index is 10.6. The fourth-order valence-corrected chi connectivity index (χ4v) is 1.68. The van der Waals surface area contributed by atoms with E-state index in [9.17, 15) is 4.79 Å². The van der Waals surface area contributed by atoms with Gasteiger partial charge in [0.1, 0.15) is 5.76 Å². The third kappa shape index (κ3) is 4.81. The van der Waals surface area contributed by atoms with Crippen LogP contribution in [0.2, 0.25) is 0 Å². The van der Waals surface area contributed by atoms with Gasteiger partial charge < -0.3 is 15.1 Å². The number of hydrogen-bond acceptors (Lipinski definition) is 3. The summed E-state index contributed by atoms with van der Waals surface area (Å²) in [5.74, 6) is 0.830. The van der Waals surface area contributed by atoms with Crippen molar-refractivity contribution in [3.8, 4) is 0 Å². The van der Waals surface area contributed by atoms with E-state index in [2.05, 4.69) is 42.5 Å². The number of carbonyl (C=O) groups is 1. The first kappa shape index (κ1) is 12.7. The molecule has 0 bridgehead atoms. The summed E-state index contributed by atoms with van der Waals surface area (Å²) in [7, 11) is 0. The zero-order chi connectivity index (χ0) is 11.3. The number of amides is 1. The van der Waals surface area contributed by atoms with E-state index in [4.69, 9.17) is 4.42 Å². The maximum Gasteiger partial charge on any atom is 0.216 e. The molecule has 1 heterocycles. The van der Waals surface area contributed by atoms with Gasteiger partial charge in [0, 0.05) is 20.0 Å². The summed E-state index contributed by atoms with van der Waals surface area (Å²) in [6, 6.07) is 1.90. The van der Waals surface area contributed by atoms with Gasteiger partial charge in [-0.1, -0.05) is 0 Å². The zero-order valence-electron chi connectivity index (χ0n) is 8.27. The summed E-state index contributed by atoms with van der Waals surface area (Å²) in [5, 5.41) is 5.85. The van der Waals surface area contributed by atoms with E-state index in [0.29, 0.717) is 17.8 Å². The summed E-state index contributed by atoms with van der Waals surface area (Å²) in [6.07, 6.45) is 0. The minimum Gasteiger partial charge on any atom is -0.452 e. The van der Waals surface area contributed by atoms with Crippen LogP contribution in [0.25, 0.3) is 0 Å². The van der Waals surface area contributed by atoms with E-state index in [0.717, 1.165) is 16.8 Å². The van der Waals surface area contributed by atoms with Crippen molar-refractivity contribution >= 4 is 37.8 Å². The van der Waals surface area contributed by atoms with Gasteiger partial charge in [-0.15, -0.1) is 0 Å². The predicted octanol–water partition coefficient (Wildman–Crippen LogP) is 2.03. The van der Waals surface area contributed by atoms with Crippen LogP contribution in [0.4, 0.5) is 0 Å². The highest BCUT2D eigenvalue weighted by Gasteiger charge is 2.04. The number of halogens is 2. The smallest absolute Gasteiger partial charge is 0.216 e. The molecule has 0 unspecified atom stereocenters. The largest absolute Gasteiger partial charge is 0.452 e. The highest BCUT2D eigenvalue weighted by atomic mass is 79.9. The molecule has 15 heavy (non-hydrogen) atoms. The van der Waals surface area contributed by atoms with Crippen molar-refractivity contribution in [2.45, 2.75) is 13.5 Å². The average Bonchev–Trinajstić information content (AvgIpc) is 2.45. The van der Waals surface area contributed by atoms with E-state index in [1.165, 1.54) is 6.92 Å². The van der Waals surface area contributed by atoms with Crippen molar-refractivity contribution in [2.75, 3.05) is 13.1 Å². The monoisotopic (exact) mass is 338 g/mol. The Kier molecular flexibility index (Phi) is 5.35. The summed E-state index contributed by atoms with van der Waals surface area (Å²) >= 11 is 6.59. The fraction of sp³-hybridized carbons (Fsp3) is 0.444. The molecule has 2 N–H and O–H groups in total. The Morgan fingerprint density at radius 1 is 1.47 bits per heavy atom. The highest BCUT2D eigenvalue weighted by molar-refractivity contribution is 9.13. The first-order valence-electron chi connectivity index (χ1n) is 4.48. The molecule has 0 aromatic carbocycles. The second kappa shape index (κ2) is 6.30. The number of hydrogen-bond donors (Lipinski definition) is 2. The number of rotatable bonds is 5. The van der Waals surface area contributed by atoms with Gasteiger partial charge in [0.05, 0.1) is 11.0 Å². The number of furan rings is 1. The molecule has 0 fully saturated rings. The van der Waals surface area contributed by atoms with Crippen molar-refractivity contribution < 1.29 is 9.21 Å². The molecule has 0 saturated carbocycles. The average molecular weight is 340 g/mol. The van der Waals surface area contributed by atoms with Crippen LogP contribution in [0.5, 0.6) is 0 Å². The van der Waals surface area contributed by atoms with E-state index in [-0.39, 0.29) is 5.91 Å². The third-order valence-electron chi connectivity index (χ3n) is 1.67. The first-order chi connectivity index (χ1) is 7.09. The molecule has 1 amide bonds. The van der Waals surface area contributed by atoms with Gasteiger partial charge in [0.25, 0.3) is 0 Å².